The quantitative estimate of drug-likeness (QED) is 0.350. The molecule has 62 valence electrons. The molecule has 0 aliphatic rings. The van der Waals surface area contributed by atoms with Gasteiger partial charge in [-0.05, 0) is 6.42 Å². The molecule has 0 radical (unpaired) electrons. The van der Waals surface area contributed by atoms with Crippen molar-refractivity contribution in [2.45, 2.75) is 13.3 Å². The van der Waals surface area contributed by atoms with Crippen molar-refractivity contribution in [1.29, 1.82) is 0 Å². The van der Waals surface area contributed by atoms with E-state index >= 15 is 0 Å². The summed E-state index contributed by atoms with van der Waals surface area (Å²) in [5, 5.41) is 26.3. The van der Waals surface area contributed by atoms with Crippen LogP contribution in [0.3, 0.4) is 0 Å². The van der Waals surface area contributed by atoms with E-state index in [9.17, 15) is 0 Å². The number of quaternary nitrogens is 1. The third kappa shape index (κ3) is 2.22. The third-order valence-corrected chi connectivity index (χ3v) is 1.60. The van der Waals surface area contributed by atoms with Gasteiger partial charge in [0.05, 0.1) is 6.54 Å². The zero-order valence-electron chi connectivity index (χ0n) is 6.32. The summed E-state index contributed by atoms with van der Waals surface area (Å²) < 4.78 is -0.0312. The molecule has 0 unspecified atom stereocenters. The molecule has 10 heavy (non-hydrogen) atoms. The van der Waals surface area contributed by atoms with Crippen LogP contribution in [0.15, 0.2) is 0 Å². The smallest absolute Gasteiger partial charge is 0.183 e. The van der Waals surface area contributed by atoms with Crippen LogP contribution in [0.2, 0.25) is 0 Å². The second kappa shape index (κ2) is 4.62. The van der Waals surface area contributed by atoms with Crippen molar-refractivity contribution in [3.05, 3.63) is 0 Å². The summed E-state index contributed by atoms with van der Waals surface area (Å²) >= 11 is 0. The van der Waals surface area contributed by atoms with Crippen molar-refractivity contribution >= 4 is 0 Å². The first-order chi connectivity index (χ1) is 4.74. The first-order valence-corrected chi connectivity index (χ1v) is 3.42. The maximum Gasteiger partial charge on any atom is 0.183 e. The van der Waals surface area contributed by atoms with E-state index in [0.717, 1.165) is 6.42 Å². The van der Waals surface area contributed by atoms with Gasteiger partial charge in [-0.15, -0.1) is 0 Å². The van der Waals surface area contributed by atoms with Crippen LogP contribution in [0.25, 0.3) is 0 Å². The molecule has 0 amide bonds. The standard InChI is InChI=1S/C6H16NO3/c1-2-3-7(4-8,5-9)6-10/h8-10H,2-6H2,1H3/q+1. The minimum absolute atomic E-state index is 0.0312. The topological polar surface area (TPSA) is 60.7 Å². The summed E-state index contributed by atoms with van der Waals surface area (Å²) in [6.45, 7) is 1.92. The fourth-order valence-corrected chi connectivity index (χ4v) is 0.821. The molecule has 0 aromatic rings. The van der Waals surface area contributed by atoms with E-state index in [-0.39, 0.29) is 24.7 Å². The highest BCUT2D eigenvalue weighted by atomic mass is 16.3. The van der Waals surface area contributed by atoms with E-state index in [2.05, 4.69) is 0 Å². The van der Waals surface area contributed by atoms with Gasteiger partial charge in [0.1, 0.15) is 0 Å². The van der Waals surface area contributed by atoms with Crippen LogP contribution in [-0.2, 0) is 0 Å². The van der Waals surface area contributed by atoms with E-state index in [4.69, 9.17) is 15.3 Å². The zero-order valence-corrected chi connectivity index (χ0v) is 6.32. The average molecular weight is 150 g/mol. The summed E-state index contributed by atoms with van der Waals surface area (Å²) in [6, 6.07) is 0. The molecule has 0 rings (SSSR count). The van der Waals surface area contributed by atoms with Gasteiger partial charge in [0.15, 0.2) is 20.2 Å². The molecule has 4 heteroatoms. The van der Waals surface area contributed by atoms with E-state index in [1.165, 1.54) is 0 Å². The molecular formula is C6H16NO3+. The van der Waals surface area contributed by atoms with Crippen LogP contribution in [0.4, 0.5) is 0 Å². The van der Waals surface area contributed by atoms with Crippen molar-refractivity contribution in [3.8, 4) is 0 Å². The Kier molecular flexibility index (Phi) is 4.55. The summed E-state index contributed by atoms with van der Waals surface area (Å²) in [7, 11) is 0. The molecule has 3 N–H and O–H groups in total. The van der Waals surface area contributed by atoms with Crippen LogP contribution in [-0.4, -0.2) is 46.5 Å². The Morgan fingerprint density at radius 3 is 1.50 bits per heavy atom. The number of aliphatic hydroxyl groups is 3. The minimum atomic E-state index is -0.208. The molecule has 0 saturated carbocycles. The van der Waals surface area contributed by atoms with Gasteiger partial charge >= 0.3 is 0 Å². The van der Waals surface area contributed by atoms with Gasteiger partial charge in [-0.25, -0.2) is 0 Å². The van der Waals surface area contributed by atoms with E-state index in [1.54, 1.807) is 0 Å². The van der Waals surface area contributed by atoms with Gasteiger partial charge in [0.2, 0.25) is 0 Å². The van der Waals surface area contributed by atoms with Gasteiger partial charge in [0, 0.05) is 0 Å². The maximum absolute atomic E-state index is 8.76. The Labute approximate surface area is 60.9 Å². The molecule has 0 bridgehead atoms. The lowest BCUT2D eigenvalue weighted by Crippen LogP contribution is -2.50. The lowest BCUT2D eigenvalue weighted by Gasteiger charge is -2.31. The number of hydrogen-bond donors (Lipinski definition) is 3. The highest BCUT2D eigenvalue weighted by Crippen LogP contribution is 2.02. The average Bonchev–Trinajstić information content (AvgIpc) is 2.01. The van der Waals surface area contributed by atoms with E-state index in [1.807, 2.05) is 6.92 Å². The van der Waals surface area contributed by atoms with Crippen LogP contribution in [0, 0.1) is 0 Å². The van der Waals surface area contributed by atoms with Crippen LogP contribution in [0.5, 0.6) is 0 Å². The number of hydrogen-bond acceptors (Lipinski definition) is 3. The molecule has 0 heterocycles. The van der Waals surface area contributed by atoms with E-state index in [0.29, 0.717) is 6.54 Å². The van der Waals surface area contributed by atoms with Gasteiger partial charge in [-0.2, -0.15) is 0 Å². The van der Waals surface area contributed by atoms with Crippen LogP contribution >= 0.6 is 0 Å². The molecule has 0 aromatic carbocycles. The molecule has 0 saturated heterocycles. The normalized spacial score (nSPS) is 12.0. The van der Waals surface area contributed by atoms with E-state index < -0.39 is 0 Å². The zero-order chi connectivity index (χ0) is 8.04. The fourth-order valence-electron chi connectivity index (χ4n) is 0.821. The largest absolute Gasteiger partial charge is 0.347 e. The molecule has 0 fully saturated rings. The van der Waals surface area contributed by atoms with Gasteiger partial charge < -0.3 is 15.3 Å². The molecule has 0 spiro atoms. The van der Waals surface area contributed by atoms with Crippen molar-refractivity contribution < 1.29 is 19.8 Å². The van der Waals surface area contributed by atoms with Gasteiger partial charge in [-0.1, -0.05) is 6.92 Å². The maximum atomic E-state index is 8.76. The molecule has 0 aliphatic heterocycles. The minimum Gasteiger partial charge on any atom is -0.347 e. The fraction of sp³-hybridized carbons (Fsp3) is 1.00. The predicted octanol–water partition coefficient (Wildman–Crippen LogP) is -0.937. The summed E-state index contributed by atoms with van der Waals surface area (Å²) in [6.07, 6.45) is 0.835. The molecule has 0 aliphatic carbocycles. The van der Waals surface area contributed by atoms with Crippen molar-refractivity contribution in [2.75, 3.05) is 26.7 Å². The summed E-state index contributed by atoms with van der Waals surface area (Å²) in [4.78, 5) is 0. The Balaban J connectivity index is 3.87. The van der Waals surface area contributed by atoms with Crippen LogP contribution in [0.1, 0.15) is 13.3 Å². The first-order valence-electron chi connectivity index (χ1n) is 3.42. The predicted molar refractivity (Wildman–Crippen MR) is 36.7 cm³/mol. The monoisotopic (exact) mass is 150 g/mol. The summed E-state index contributed by atoms with van der Waals surface area (Å²) in [5.74, 6) is 0. The van der Waals surface area contributed by atoms with Crippen molar-refractivity contribution in [1.82, 2.24) is 0 Å². The Morgan fingerprint density at radius 1 is 1.00 bits per heavy atom. The molecular weight excluding hydrogens is 134 g/mol. The molecule has 0 aromatic heterocycles. The third-order valence-electron chi connectivity index (χ3n) is 1.60. The second-order valence-electron chi connectivity index (χ2n) is 2.49. The number of nitrogens with zero attached hydrogens (tertiary/aromatic N) is 1. The molecule has 0 atom stereocenters. The lowest BCUT2D eigenvalue weighted by atomic mass is 10.4. The van der Waals surface area contributed by atoms with Crippen LogP contribution < -0.4 is 0 Å². The van der Waals surface area contributed by atoms with Crippen molar-refractivity contribution in [2.24, 2.45) is 0 Å². The summed E-state index contributed by atoms with van der Waals surface area (Å²) in [5.41, 5.74) is 0. The van der Waals surface area contributed by atoms with Gasteiger partial charge in [0.25, 0.3) is 0 Å². The SMILES string of the molecule is CCC[N+](CO)(CO)CO. The first kappa shape index (κ1) is 9.84. The van der Waals surface area contributed by atoms with Gasteiger partial charge in [-0.3, -0.25) is 4.48 Å². The highest BCUT2D eigenvalue weighted by Gasteiger charge is 2.22. The Bertz CT molecular complexity index is 74.8. The second-order valence-corrected chi connectivity index (χ2v) is 2.49. The Hall–Kier alpha value is -0.160. The molecule has 4 nitrogen and oxygen atoms in total. The van der Waals surface area contributed by atoms with Crippen molar-refractivity contribution in [3.63, 3.8) is 0 Å². The lowest BCUT2D eigenvalue weighted by molar-refractivity contribution is -0.976. The Morgan fingerprint density at radius 2 is 1.40 bits per heavy atom. The number of aliphatic hydroxyl groups excluding tert-OH is 3. The highest BCUT2D eigenvalue weighted by molar-refractivity contribution is 4.26. The number of rotatable bonds is 5.